The second kappa shape index (κ2) is 5.79. The van der Waals surface area contributed by atoms with Crippen LogP contribution in [0.4, 0.5) is 5.69 Å². The molecule has 3 rings (SSSR count). The summed E-state index contributed by atoms with van der Waals surface area (Å²) in [5, 5.41) is 17.2. The van der Waals surface area contributed by atoms with Crippen LogP contribution in [0.25, 0.3) is 5.69 Å². The van der Waals surface area contributed by atoms with Gasteiger partial charge < -0.3 is 10.6 Å². The van der Waals surface area contributed by atoms with Gasteiger partial charge in [0.25, 0.3) is 0 Å². The van der Waals surface area contributed by atoms with E-state index in [1.165, 1.54) is 6.33 Å². The van der Waals surface area contributed by atoms with Crippen molar-refractivity contribution in [3.8, 4) is 5.69 Å². The average Bonchev–Trinajstić information content (AvgIpc) is 3.11. The zero-order valence-corrected chi connectivity index (χ0v) is 11.0. The number of hydrogen-bond donors (Lipinski definition) is 2. The minimum Gasteiger partial charge on any atom is -0.326 e. The third-order valence-corrected chi connectivity index (χ3v) is 3.38. The Morgan fingerprint density at radius 3 is 3.20 bits per heavy atom. The number of tetrazole rings is 1. The molecule has 7 nitrogen and oxygen atoms in total. The van der Waals surface area contributed by atoms with Gasteiger partial charge in [0, 0.05) is 12.1 Å². The van der Waals surface area contributed by atoms with Gasteiger partial charge in [-0.05, 0) is 54.1 Å². The molecule has 1 amide bonds. The largest absolute Gasteiger partial charge is 0.326 e. The van der Waals surface area contributed by atoms with Gasteiger partial charge in [-0.1, -0.05) is 6.07 Å². The molecule has 7 heteroatoms. The second-order valence-electron chi connectivity index (χ2n) is 4.92. The maximum Gasteiger partial charge on any atom is 0.224 e. The molecule has 1 unspecified atom stereocenters. The van der Waals surface area contributed by atoms with E-state index < -0.39 is 0 Å². The minimum absolute atomic E-state index is 0.0487. The summed E-state index contributed by atoms with van der Waals surface area (Å²) in [6, 6.07) is 7.45. The van der Waals surface area contributed by atoms with Crippen molar-refractivity contribution in [3.63, 3.8) is 0 Å². The van der Waals surface area contributed by atoms with Crippen LogP contribution < -0.4 is 10.6 Å². The fourth-order valence-electron chi connectivity index (χ4n) is 2.37. The predicted molar refractivity (Wildman–Crippen MR) is 73.4 cm³/mol. The molecule has 0 spiro atoms. The molecule has 1 saturated heterocycles. The summed E-state index contributed by atoms with van der Waals surface area (Å²) in [6.07, 6.45) is 3.14. The normalized spacial score (nSPS) is 18.1. The van der Waals surface area contributed by atoms with Gasteiger partial charge in [0.15, 0.2) is 0 Å². The molecule has 2 aromatic rings. The number of carbonyl (C=O) groups excluding carboxylic acids is 1. The number of benzene rings is 1. The molecule has 1 aliphatic rings. The summed E-state index contributed by atoms with van der Waals surface area (Å²) in [5.41, 5.74) is 1.57. The number of anilines is 1. The van der Waals surface area contributed by atoms with Crippen LogP contribution in [0, 0.1) is 5.92 Å². The van der Waals surface area contributed by atoms with Crippen LogP contribution in [-0.4, -0.2) is 39.2 Å². The van der Waals surface area contributed by atoms with Crippen molar-refractivity contribution in [2.45, 2.75) is 12.8 Å². The predicted octanol–water partition coefficient (Wildman–Crippen LogP) is 0.600. The van der Waals surface area contributed by atoms with E-state index in [4.69, 9.17) is 0 Å². The number of nitrogens with one attached hydrogen (secondary N) is 2. The van der Waals surface area contributed by atoms with Gasteiger partial charge in [0.1, 0.15) is 6.33 Å². The summed E-state index contributed by atoms with van der Waals surface area (Å²) in [4.78, 5) is 12.0. The van der Waals surface area contributed by atoms with Crippen molar-refractivity contribution in [1.82, 2.24) is 25.5 Å². The Morgan fingerprint density at radius 1 is 1.50 bits per heavy atom. The highest BCUT2D eigenvalue weighted by molar-refractivity contribution is 5.91. The molecule has 1 aromatic heterocycles. The van der Waals surface area contributed by atoms with Crippen LogP contribution in [0.3, 0.4) is 0 Å². The molecule has 0 bridgehead atoms. The Hall–Kier alpha value is -2.28. The lowest BCUT2D eigenvalue weighted by molar-refractivity contribution is -0.116. The third-order valence-electron chi connectivity index (χ3n) is 3.38. The van der Waals surface area contributed by atoms with Gasteiger partial charge in [-0.15, -0.1) is 5.10 Å². The van der Waals surface area contributed by atoms with Crippen LogP contribution in [-0.2, 0) is 4.79 Å². The molecule has 0 radical (unpaired) electrons. The average molecular weight is 272 g/mol. The molecule has 1 aromatic carbocycles. The minimum atomic E-state index is 0.0487. The van der Waals surface area contributed by atoms with Crippen LogP contribution in [0.5, 0.6) is 0 Å². The maximum absolute atomic E-state index is 12.0. The van der Waals surface area contributed by atoms with E-state index >= 15 is 0 Å². The highest BCUT2D eigenvalue weighted by atomic mass is 16.1. The van der Waals surface area contributed by atoms with E-state index in [-0.39, 0.29) is 5.91 Å². The topological polar surface area (TPSA) is 84.7 Å². The Kier molecular flexibility index (Phi) is 3.69. The van der Waals surface area contributed by atoms with Gasteiger partial charge in [0.05, 0.1) is 5.69 Å². The van der Waals surface area contributed by atoms with E-state index in [0.29, 0.717) is 12.3 Å². The number of amides is 1. The van der Waals surface area contributed by atoms with Crippen molar-refractivity contribution in [3.05, 3.63) is 30.6 Å². The molecule has 20 heavy (non-hydrogen) atoms. The zero-order valence-electron chi connectivity index (χ0n) is 11.0. The third kappa shape index (κ3) is 3.00. The SMILES string of the molecule is O=C(CC1CCNC1)Nc1cccc(-n2cnnn2)c1. The van der Waals surface area contributed by atoms with Crippen LogP contribution in [0.1, 0.15) is 12.8 Å². The lowest BCUT2D eigenvalue weighted by Gasteiger charge is -2.10. The molecule has 104 valence electrons. The smallest absolute Gasteiger partial charge is 0.224 e. The van der Waals surface area contributed by atoms with E-state index in [9.17, 15) is 4.79 Å². The van der Waals surface area contributed by atoms with E-state index in [1.807, 2.05) is 24.3 Å². The van der Waals surface area contributed by atoms with Gasteiger partial charge >= 0.3 is 0 Å². The Balaban J connectivity index is 1.65. The Morgan fingerprint density at radius 2 is 2.45 bits per heavy atom. The monoisotopic (exact) mass is 272 g/mol. The Labute approximate surface area is 116 Å². The fourth-order valence-corrected chi connectivity index (χ4v) is 2.37. The maximum atomic E-state index is 12.0. The van der Waals surface area contributed by atoms with Crippen molar-refractivity contribution in [1.29, 1.82) is 0 Å². The number of hydrogen-bond acceptors (Lipinski definition) is 5. The first-order valence-electron chi connectivity index (χ1n) is 6.65. The highest BCUT2D eigenvalue weighted by Crippen LogP contribution is 2.16. The van der Waals surface area contributed by atoms with Crippen LogP contribution in [0.15, 0.2) is 30.6 Å². The van der Waals surface area contributed by atoms with Crippen LogP contribution in [0.2, 0.25) is 0 Å². The summed E-state index contributed by atoms with van der Waals surface area (Å²) in [5.74, 6) is 0.491. The lowest BCUT2D eigenvalue weighted by atomic mass is 10.0. The van der Waals surface area contributed by atoms with Gasteiger partial charge in [-0.2, -0.15) is 0 Å². The lowest BCUT2D eigenvalue weighted by Crippen LogP contribution is -2.18. The number of rotatable bonds is 4. The molecular formula is C13H16N6O. The van der Waals surface area contributed by atoms with Crippen molar-refractivity contribution >= 4 is 11.6 Å². The van der Waals surface area contributed by atoms with E-state index in [0.717, 1.165) is 30.9 Å². The van der Waals surface area contributed by atoms with Gasteiger partial charge in [-0.25, -0.2) is 4.68 Å². The molecule has 1 atom stereocenters. The summed E-state index contributed by atoms with van der Waals surface area (Å²) < 4.78 is 1.55. The van der Waals surface area contributed by atoms with Crippen molar-refractivity contribution in [2.75, 3.05) is 18.4 Å². The molecule has 0 saturated carbocycles. The number of nitrogens with zero attached hydrogens (tertiary/aromatic N) is 4. The van der Waals surface area contributed by atoms with Crippen molar-refractivity contribution < 1.29 is 4.79 Å². The van der Waals surface area contributed by atoms with E-state index in [1.54, 1.807) is 4.68 Å². The summed E-state index contributed by atoms with van der Waals surface area (Å²) in [7, 11) is 0. The van der Waals surface area contributed by atoms with E-state index in [2.05, 4.69) is 26.2 Å². The standard InChI is InChI=1S/C13H16N6O/c20-13(6-10-4-5-14-8-10)16-11-2-1-3-12(7-11)19-9-15-17-18-19/h1-3,7,9-10,14H,4-6,8H2,(H,16,20). The first-order chi connectivity index (χ1) is 9.81. The molecule has 1 aliphatic heterocycles. The highest BCUT2D eigenvalue weighted by Gasteiger charge is 2.18. The summed E-state index contributed by atoms with van der Waals surface area (Å²) >= 11 is 0. The quantitative estimate of drug-likeness (QED) is 0.851. The first-order valence-corrected chi connectivity index (χ1v) is 6.65. The number of aromatic nitrogens is 4. The number of carbonyl (C=O) groups is 1. The molecule has 0 aliphatic carbocycles. The Bertz CT molecular complexity index is 576. The van der Waals surface area contributed by atoms with Gasteiger partial charge in [0.2, 0.25) is 5.91 Å². The van der Waals surface area contributed by atoms with Gasteiger partial charge in [-0.3, -0.25) is 4.79 Å². The molecular weight excluding hydrogens is 256 g/mol. The molecule has 2 heterocycles. The molecule has 1 fully saturated rings. The second-order valence-corrected chi connectivity index (χ2v) is 4.92. The molecule has 2 N–H and O–H groups in total. The van der Waals surface area contributed by atoms with Crippen molar-refractivity contribution in [2.24, 2.45) is 5.92 Å². The summed E-state index contributed by atoms with van der Waals surface area (Å²) in [6.45, 7) is 1.94. The van der Waals surface area contributed by atoms with Crippen LogP contribution >= 0.6 is 0 Å². The fraction of sp³-hybridized carbons (Fsp3) is 0.385. The first kappa shape index (κ1) is 12.7. The zero-order chi connectivity index (χ0) is 13.8.